The summed E-state index contributed by atoms with van der Waals surface area (Å²) in [6.07, 6.45) is 1.47. The number of thioether (sulfide) groups is 1. The molecule has 0 radical (unpaired) electrons. The molecule has 0 saturated heterocycles. The molecule has 1 aromatic heterocycles. The fourth-order valence-electron chi connectivity index (χ4n) is 2.88. The maximum Gasteiger partial charge on any atom is 0.188 e. The number of Topliss-reactive ketones (excluding diaryl/α,β-unsaturated/α-hetero) is 1. The van der Waals surface area contributed by atoms with E-state index in [4.69, 9.17) is 5.73 Å². The Kier molecular flexibility index (Phi) is 6.43. The number of amidine groups is 1. The molecular formula is C18H18ClF2N3O2S. The molecule has 3 rings (SSSR count). The number of hydrogen-bond acceptors (Lipinski definition) is 6. The number of benzene rings is 1. The maximum atomic E-state index is 14.4. The molecule has 1 aromatic carbocycles. The van der Waals surface area contributed by atoms with Crippen LogP contribution in [0.25, 0.3) is 0 Å². The second-order valence-corrected chi connectivity index (χ2v) is 7.38. The highest BCUT2D eigenvalue weighted by molar-refractivity contribution is 8.13. The van der Waals surface area contributed by atoms with Crippen LogP contribution < -0.4 is 5.73 Å². The van der Waals surface area contributed by atoms with Crippen molar-refractivity contribution in [3.8, 4) is 5.75 Å². The van der Waals surface area contributed by atoms with E-state index in [0.717, 1.165) is 18.0 Å². The van der Waals surface area contributed by atoms with Crippen LogP contribution in [0.15, 0.2) is 35.5 Å². The summed E-state index contributed by atoms with van der Waals surface area (Å²) >= 11 is 1.42. The highest BCUT2D eigenvalue weighted by atomic mass is 35.5. The van der Waals surface area contributed by atoms with Crippen molar-refractivity contribution in [2.24, 2.45) is 10.7 Å². The molecule has 2 aromatic rings. The van der Waals surface area contributed by atoms with E-state index in [-0.39, 0.29) is 30.3 Å². The molecule has 5 nitrogen and oxygen atoms in total. The van der Waals surface area contributed by atoms with Gasteiger partial charge in [-0.2, -0.15) is 0 Å². The quantitative estimate of drug-likeness (QED) is 0.748. The van der Waals surface area contributed by atoms with Crippen molar-refractivity contribution in [3.63, 3.8) is 0 Å². The van der Waals surface area contributed by atoms with E-state index < -0.39 is 23.0 Å². The molecule has 3 N–H and O–H groups in total. The van der Waals surface area contributed by atoms with Gasteiger partial charge in [0, 0.05) is 23.8 Å². The van der Waals surface area contributed by atoms with E-state index in [1.54, 1.807) is 13.0 Å². The number of rotatable bonds is 4. The van der Waals surface area contributed by atoms with E-state index in [1.807, 2.05) is 0 Å². The van der Waals surface area contributed by atoms with Gasteiger partial charge in [0.2, 0.25) is 0 Å². The highest BCUT2D eigenvalue weighted by Gasteiger charge is 2.32. The first kappa shape index (κ1) is 21.1. The maximum absolute atomic E-state index is 14.4. The van der Waals surface area contributed by atoms with Gasteiger partial charge >= 0.3 is 0 Å². The summed E-state index contributed by atoms with van der Waals surface area (Å²) in [6, 6.07) is 5.15. The van der Waals surface area contributed by atoms with Gasteiger partial charge in [0.25, 0.3) is 0 Å². The van der Waals surface area contributed by atoms with Crippen molar-refractivity contribution in [3.05, 3.63) is 58.9 Å². The fraction of sp³-hybridized carbons (Fsp3) is 0.278. The minimum Gasteiger partial charge on any atom is -0.506 e. The van der Waals surface area contributed by atoms with Crippen LogP contribution in [0.4, 0.5) is 8.78 Å². The zero-order valence-electron chi connectivity index (χ0n) is 14.4. The van der Waals surface area contributed by atoms with Crippen LogP contribution in [0.3, 0.4) is 0 Å². The third kappa shape index (κ3) is 4.56. The van der Waals surface area contributed by atoms with Gasteiger partial charge in [-0.25, -0.2) is 13.8 Å². The van der Waals surface area contributed by atoms with Crippen molar-refractivity contribution in [2.45, 2.75) is 25.3 Å². The average Bonchev–Trinajstić information content (AvgIpc) is 2.56. The second-order valence-electron chi connectivity index (χ2n) is 6.26. The van der Waals surface area contributed by atoms with Gasteiger partial charge in [0.05, 0.1) is 11.7 Å². The lowest BCUT2D eigenvalue weighted by molar-refractivity contribution is 0.0983. The van der Waals surface area contributed by atoms with Crippen LogP contribution in [0.2, 0.25) is 0 Å². The highest BCUT2D eigenvalue weighted by Crippen LogP contribution is 2.36. The number of nitrogens with zero attached hydrogens (tertiary/aromatic N) is 2. The largest absolute Gasteiger partial charge is 0.506 e. The molecule has 0 unspecified atom stereocenters. The summed E-state index contributed by atoms with van der Waals surface area (Å²) in [5, 5.41) is 9.59. The molecule has 0 bridgehead atoms. The number of ketones is 1. The average molecular weight is 414 g/mol. The van der Waals surface area contributed by atoms with Crippen molar-refractivity contribution >= 4 is 35.1 Å². The molecule has 0 amide bonds. The Bertz CT molecular complexity index is 910. The number of hydrogen-bond donors (Lipinski definition) is 2. The number of nitrogens with two attached hydrogens (primary N) is 1. The predicted molar refractivity (Wildman–Crippen MR) is 104 cm³/mol. The molecule has 27 heavy (non-hydrogen) atoms. The summed E-state index contributed by atoms with van der Waals surface area (Å²) in [4.78, 5) is 20.3. The summed E-state index contributed by atoms with van der Waals surface area (Å²) in [5.41, 5.74) is 5.49. The monoisotopic (exact) mass is 413 g/mol. The van der Waals surface area contributed by atoms with Crippen molar-refractivity contribution < 1.29 is 18.7 Å². The van der Waals surface area contributed by atoms with Crippen LogP contribution in [-0.2, 0) is 12.0 Å². The molecule has 1 atom stereocenters. The molecule has 144 valence electrons. The van der Waals surface area contributed by atoms with Crippen LogP contribution in [0.1, 0.15) is 35.0 Å². The van der Waals surface area contributed by atoms with Crippen LogP contribution in [-0.4, -0.2) is 26.8 Å². The Morgan fingerprint density at radius 1 is 1.33 bits per heavy atom. The van der Waals surface area contributed by atoms with Crippen LogP contribution >= 0.6 is 24.2 Å². The minimum atomic E-state index is -0.897. The van der Waals surface area contributed by atoms with Gasteiger partial charge in [-0.15, -0.1) is 12.4 Å². The Hall–Kier alpha value is -2.19. The fourth-order valence-corrected chi connectivity index (χ4v) is 3.85. The van der Waals surface area contributed by atoms with E-state index in [1.165, 1.54) is 23.9 Å². The number of carbonyl (C=O) groups is 1. The van der Waals surface area contributed by atoms with Crippen LogP contribution in [0, 0.1) is 11.6 Å². The Morgan fingerprint density at radius 3 is 2.74 bits per heavy atom. The molecule has 2 heterocycles. The predicted octanol–water partition coefficient (Wildman–Crippen LogP) is 3.58. The molecule has 9 heteroatoms. The first-order valence-corrected chi connectivity index (χ1v) is 8.92. The number of pyridine rings is 1. The number of aromatic nitrogens is 1. The lowest BCUT2D eigenvalue weighted by atomic mass is 9.87. The smallest absolute Gasteiger partial charge is 0.188 e. The molecule has 0 spiro atoms. The van der Waals surface area contributed by atoms with E-state index in [0.29, 0.717) is 22.7 Å². The number of aromatic hydroxyl groups is 1. The zero-order chi connectivity index (χ0) is 18.9. The topological polar surface area (TPSA) is 88.6 Å². The normalized spacial score (nSPS) is 19.1. The summed E-state index contributed by atoms with van der Waals surface area (Å²) in [6.45, 7) is 1.80. The third-order valence-electron chi connectivity index (χ3n) is 4.26. The Labute approximate surface area is 165 Å². The van der Waals surface area contributed by atoms with Gasteiger partial charge in [-0.3, -0.25) is 9.79 Å². The SMILES string of the molecule is C[C@@]1(c2cc(CC(=O)c3ncc(O)cc3F)ccc2F)CCSC(N)=N1.Cl. The molecule has 0 fully saturated rings. The van der Waals surface area contributed by atoms with Gasteiger partial charge < -0.3 is 10.8 Å². The number of carbonyl (C=O) groups excluding carboxylic acids is 1. The molecule has 1 aliphatic heterocycles. The van der Waals surface area contributed by atoms with Crippen molar-refractivity contribution in [1.82, 2.24) is 4.98 Å². The first-order chi connectivity index (χ1) is 12.3. The molecule has 1 aliphatic rings. The Morgan fingerprint density at radius 2 is 2.07 bits per heavy atom. The lowest BCUT2D eigenvalue weighted by Gasteiger charge is -2.30. The van der Waals surface area contributed by atoms with Crippen molar-refractivity contribution in [2.75, 3.05) is 5.75 Å². The zero-order valence-corrected chi connectivity index (χ0v) is 16.0. The van der Waals surface area contributed by atoms with Gasteiger partial charge in [0.15, 0.2) is 16.8 Å². The Balaban J connectivity index is 0.00000261. The summed E-state index contributed by atoms with van der Waals surface area (Å²) in [5.74, 6) is -1.53. The van der Waals surface area contributed by atoms with E-state index in [2.05, 4.69) is 9.98 Å². The number of halogens is 3. The molecule has 0 saturated carbocycles. The standard InChI is InChI=1S/C18H17F2N3O2S.ClH/c1-18(4-5-26-17(21)23-18)12-6-10(2-3-13(12)19)7-15(25)16-14(20)8-11(24)9-22-16;/h2-3,6,8-9,24H,4-5,7H2,1H3,(H2,21,23);1H/t18-;/m0./s1. The molecular weight excluding hydrogens is 396 g/mol. The second kappa shape index (κ2) is 8.22. The number of aliphatic imine (C=N–C) groups is 1. The van der Waals surface area contributed by atoms with E-state index in [9.17, 15) is 18.7 Å². The van der Waals surface area contributed by atoms with Crippen molar-refractivity contribution in [1.29, 1.82) is 0 Å². The van der Waals surface area contributed by atoms with Gasteiger partial charge in [-0.05, 0) is 31.0 Å². The lowest BCUT2D eigenvalue weighted by Crippen LogP contribution is -2.29. The summed E-state index contributed by atoms with van der Waals surface area (Å²) in [7, 11) is 0. The van der Waals surface area contributed by atoms with E-state index >= 15 is 0 Å². The minimum absolute atomic E-state index is 0. The third-order valence-corrected chi connectivity index (χ3v) is 5.06. The molecule has 0 aliphatic carbocycles. The van der Waals surface area contributed by atoms with Gasteiger partial charge in [0.1, 0.15) is 17.3 Å². The first-order valence-electron chi connectivity index (χ1n) is 7.93. The summed E-state index contributed by atoms with van der Waals surface area (Å²) < 4.78 is 28.2. The van der Waals surface area contributed by atoms with Gasteiger partial charge in [-0.1, -0.05) is 17.8 Å². The van der Waals surface area contributed by atoms with Crippen LogP contribution in [0.5, 0.6) is 5.75 Å².